The maximum atomic E-state index is 12.9. The van der Waals surface area contributed by atoms with Crippen LogP contribution in [-0.4, -0.2) is 17.4 Å². The monoisotopic (exact) mass is 328 g/mol. The van der Waals surface area contributed by atoms with Crippen molar-refractivity contribution in [3.8, 4) is 6.07 Å². The maximum absolute atomic E-state index is 12.9. The molecule has 23 heavy (non-hydrogen) atoms. The molecule has 0 radical (unpaired) electrons. The number of H-pyrrole nitrogens is 1. The van der Waals surface area contributed by atoms with E-state index in [2.05, 4.69) is 4.98 Å². The van der Waals surface area contributed by atoms with Crippen LogP contribution >= 0.6 is 0 Å². The van der Waals surface area contributed by atoms with E-state index in [0.29, 0.717) is 20.7 Å². The Kier molecular flexibility index (Phi) is 3.23. The smallest absolute Gasteiger partial charge is 0.340 e. The van der Waals surface area contributed by atoms with Gasteiger partial charge in [-0.25, -0.2) is 13.2 Å². The quantitative estimate of drug-likeness (QED) is 0.687. The topological polar surface area (TPSA) is 122 Å². The minimum absolute atomic E-state index is 0.0269. The first kappa shape index (κ1) is 14.9. The number of fused-ring (bicyclic) bond motifs is 1. The van der Waals surface area contributed by atoms with Gasteiger partial charge in [0, 0.05) is 5.69 Å². The van der Waals surface area contributed by atoms with E-state index in [1.54, 1.807) is 13.0 Å². The summed E-state index contributed by atoms with van der Waals surface area (Å²) in [5.74, 6) is 0. The highest BCUT2D eigenvalue weighted by atomic mass is 32.2. The first-order valence-electron chi connectivity index (χ1n) is 6.62. The molecule has 1 aromatic heterocycles. The van der Waals surface area contributed by atoms with Gasteiger partial charge in [0.1, 0.15) is 11.0 Å². The third-order valence-electron chi connectivity index (χ3n) is 3.55. The molecule has 0 saturated carbocycles. The molecule has 0 aliphatic rings. The minimum Gasteiger partial charge on any atom is -0.398 e. The van der Waals surface area contributed by atoms with Gasteiger partial charge >= 0.3 is 5.69 Å². The van der Waals surface area contributed by atoms with Crippen molar-refractivity contribution in [2.45, 2.75) is 11.8 Å². The molecule has 0 unspecified atom stereocenters. The summed E-state index contributed by atoms with van der Waals surface area (Å²) >= 11 is 0. The number of nitrogen functional groups attached to an aromatic ring is 1. The van der Waals surface area contributed by atoms with Crippen molar-refractivity contribution in [1.29, 1.82) is 5.26 Å². The molecule has 7 nitrogen and oxygen atoms in total. The lowest BCUT2D eigenvalue weighted by Gasteiger charge is -2.08. The van der Waals surface area contributed by atoms with Crippen LogP contribution in [0.25, 0.3) is 11.0 Å². The number of benzene rings is 2. The predicted molar refractivity (Wildman–Crippen MR) is 85.4 cm³/mol. The molecule has 0 aliphatic heterocycles. The number of aromatic amines is 1. The van der Waals surface area contributed by atoms with Gasteiger partial charge < -0.3 is 10.7 Å². The Bertz CT molecular complexity index is 1130. The number of nitrogens with one attached hydrogen (secondary N) is 1. The van der Waals surface area contributed by atoms with Gasteiger partial charge in [0.05, 0.1) is 16.6 Å². The highest BCUT2D eigenvalue weighted by Crippen LogP contribution is 2.24. The summed E-state index contributed by atoms with van der Waals surface area (Å²) in [5, 5.41) is 9.12. The normalized spacial score (nSPS) is 11.5. The number of hydrogen-bond acceptors (Lipinski definition) is 5. The Labute approximate surface area is 131 Å². The van der Waals surface area contributed by atoms with Crippen LogP contribution in [0.5, 0.6) is 0 Å². The molecule has 0 atom stereocenters. The summed E-state index contributed by atoms with van der Waals surface area (Å²) in [4.78, 5) is 14.4. The Morgan fingerprint density at radius 1 is 1.26 bits per heavy atom. The Morgan fingerprint density at radius 3 is 2.65 bits per heavy atom. The number of anilines is 1. The summed E-state index contributed by atoms with van der Waals surface area (Å²) in [7, 11) is -4.22. The Hall–Kier alpha value is -3.05. The molecular weight excluding hydrogens is 316 g/mol. The van der Waals surface area contributed by atoms with Gasteiger partial charge in [-0.05, 0) is 36.8 Å². The second kappa shape index (κ2) is 5.00. The molecule has 2 aromatic carbocycles. The zero-order valence-electron chi connectivity index (χ0n) is 12.1. The molecule has 0 bridgehead atoms. The molecule has 3 rings (SSSR count). The number of nitriles is 1. The summed E-state index contributed by atoms with van der Waals surface area (Å²) in [6.45, 7) is 1.71. The van der Waals surface area contributed by atoms with Gasteiger partial charge in [-0.15, -0.1) is 0 Å². The number of imidazole rings is 1. The summed E-state index contributed by atoms with van der Waals surface area (Å²) in [5.41, 5.74) is 6.55. The lowest BCUT2D eigenvalue weighted by Crippen LogP contribution is -2.25. The second-order valence-corrected chi connectivity index (χ2v) is 6.79. The molecular formula is C15H12N4O3S. The van der Waals surface area contributed by atoms with Crippen LogP contribution in [0, 0.1) is 18.3 Å². The van der Waals surface area contributed by atoms with Crippen molar-refractivity contribution in [2.75, 3.05) is 5.73 Å². The average molecular weight is 328 g/mol. The molecule has 8 heteroatoms. The van der Waals surface area contributed by atoms with E-state index in [0.717, 1.165) is 0 Å². The average Bonchev–Trinajstić information content (AvgIpc) is 2.83. The highest BCUT2D eigenvalue weighted by Gasteiger charge is 2.25. The summed E-state index contributed by atoms with van der Waals surface area (Å²) < 4.78 is 26.4. The number of nitrogens with zero attached hydrogens (tertiary/aromatic N) is 2. The molecule has 3 N–H and O–H groups in total. The number of aromatic nitrogens is 2. The van der Waals surface area contributed by atoms with Crippen LogP contribution in [-0.2, 0) is 10.0 Å². The zero-order chi connectivity index (χ0) is 16.8. The van der Waals surface area contributed by atoms with Gasteiger partial charge in [0.25, 0.3) is 10.0 Å². The number of rotatable bonds is 2. The van der Waals surface area contributed by atoms with Crippen molar-refractivity contribution >= 4 is 26.7 Å². The van der Waals surface area contributed by atoms with Crippen molar-refractivity contribution in [3.63, 3.8) is 0 Å². The van der Waals surface area contributed by atoms with E-state index in [1.165, 1.54) is 30.3 Å². The van der Waals surface area contributed by atoms with Crippen molar-refractivity contribution < 1.29 is 8.42 Å². The number of hydrogen-bond donors (Lipinski definition) is 2. The summed E-state index contributed by atoms with van der Waals surface area (Å²) in [6, 6.07) is 10.6. The lowest BCUT2D eigenvalue weighted by atomic mass is 10.2. The highest BCUT2D eigenvalue weighted by molar-refractivity contribution is 7.90. The van der Waals surface area contributed by atoms with Crippen LogP contribution in [0.15, 0.2) is 46.1 Å². The van der Waals surface area contributed by atoms with Gasteiger partial charge in [-0.2, -0.15) is 9.23 Å². The molecule has 116 valence electrons. The fourth-order valence-corrected chi connectivity index (χ4v) is 3.89. The maximum Gasteiger partial charge on any atom is 0.340 e. The summed E-state index contributed by atoms with van der Waals surface area (Å²) in [6.07, 6.45) is 0. The van der Waals surface area contributed by atoms with Crippen molar-refractivity contribution in [2.24, 2.45) is 0 Å². The number of aryl methyl sites for hydroxylation is 1. The largest absolute Gasteiger partial charge is 0.398 e. The molecule has 0 aliphatic carbocycles. The molecule has 0 saturated heterocycles. The zero-order valence-corrected chi connectivity index (χ0v) is 12.9. The van der Waals surface area contributed by atoms with Gasteiger partial charge in [-0.3, -0.25) is 0 Å². The van der Waals surface area contributed by atoms with E-state index < -0.39 is 15.7 Å². The Morgan fingerprint density at radius 2 is 1.96 bits per heavy atom. The van der Waals surface area contributed by atoms with E-state index in [1.807, 2.05) is 6.07 Å². The minimum atomic E-state index is -4.22. The first-order valence-corrected chi connectivity index (χ1v) is 8.06. The predicted octanol–water partition coefficient (Wildman–Crippen LogP) is 1.33. The molecule has 0 spiro atoms. The van der Waals surface area contributed by atoms with E-state index in [4.69, 9.17) is 11.0 Å². The third kappa shape index (κ3) is 2.18. The third-order valence-corrected chi connectivity index (χ3v) is 5.31. The standard InChI is InChI=1S/C15H12N4O3S/c1-9-6-13-12(7-11(9)17)18-15(20)19(13)23(21,22)14-5-3-2-4-10(14)8-16/h2-7H,17H2,1H3,(H,18,20). The first-order chi connectivity index (χ1) is 10.9. The van der Waals surface area contributed by atoms with Crippen LogP contribution in [0.1, 0.15) is 11.1 Å². The van der Waals surface area contributed by atoms with E-state index in [-0.39, 0.29) is 16.0 Å². The van der Waals surface area contributed by atoms with Crippen molar-refractivity contribution in [1.82, 2.24) is 8.96 Å². The molecule has 1 heterocycles. The van der Waals surface area contributed by atoms with Crippen LogP contribution in [0.3, 0.4) is 0 Å². The second-order valence-electron chi connectivity index (χ2n) is 5.03. The molecule has 0 amide bonds. The van der Waals surface area contributed by atoms with Crippen LogP contribution in [0.4, 0.5) is 5.69 Å². The molecule has 3 aromatic rings. The SMILES string of the molecule is Cc1cc2c(cc1N)[nH]c(=O)n2S(=O)(=O)c1ccccc1C#N. The van der Waals surface area contributed by atoms with E-state index in [9.17, 15) is 13.2 Å². The van der Waals surface area contributed by atoms with Gasteiger partial charge in [0.15, 0.2) is 0 Å². The fraction of sp³-hybridized carbons (Fsp3) is 0.0667. The molecule has 0 fully saturated rings. The van der Waals surface area contributed by atoms with Gasteiger partial charge in [0.2, 0.25) is 0 Å². The Balaban J connectivity index is 2.41. The van der Waals surface area contributed by atoms with E-state index >= 15 is 0 Å². The van der Waals surface area contributed by atoms with Gasteiger partial charge in [-0.1, -0.05) is 12.1 Å². The lowest BCUT2D eigenvalue weighted by molar-refractivity contribution is 0.587. The van der Waals surface area contributed by atoms with Crippen LogP contribution < -0.4 is 11.4 Å². The fourth-order valence-electron chi connectivity index (χ4n) is 2.37. The van der Waals surface area contributed by atoms with Crippen LogP contribution in [0.2, 0.25) is 0 Å². The number of nitrogens with two attached hydrogens (primary N) is 1. The van der Waals surface area contributed by atoms with Crippen molar-refractivity contribution in [3.05, 3.63) is 58.0 Å².